The first-order valence-corrected chi connectivity index (χ1v) is 5.76. The molecule has 2 atom stereocenters. The number of nitrogens with two attached hydrogens (primary N) is 1. The zero-order chi connectivity index (χ0) is 13.7. The quantitative estimate of drug-likeness (QED) is 0.638. The smallest absolute Gasteiger partial charge is 0.269 e. The van der Waals surface area contributed by atoms with Crippen LogP contribution in [0.4, 0.5) is 5.69 Å². The van der Waals surface area contributed by atoms with Crippen LogP contribution in [0.3, 0.4) is 0 Å². The topological polar surface area (TPSA) is 98.3 Å². The Morgan fingerprint density at radius 1 is 1.53 bits per heavy atom. The molecule has 0 aliphatic heterocycles. The monoisotopic (exact) mass is 287 g/mol. The van der Waals surface area contributed by atoms with Gasteiger partial charge in [0.05, 0.1) is 17.0 Å². The van der Waals surface area contributed by atoms with Gasteiger partial charge in [-0.15, -0.1) is 12.4 Å². The lowest BCUT2D eigenvalue weighted by Crippen LogP contribution is -2.40. The Hall–Kier alpha value is -1.66. The summed E-state index contributed by atoms with van der Waals surface area (Å²) >= 11 is 0. The van der Waals surface area contributed by atoms with Gasteiger partial charge in [0.15, 0.2) is 0 Å². The lowest BCUT2D eigenvalue weighted by Gasteiger charge is -2.18. The Morgan fingerprint density at radius 2 is 2.16 bits per heavy atom. The van der Waals surface area contributed by atoms with Crippen LogP contribution in [-0.4, -0.2) is 16.9 Å². The normalized spacial score (nSPS) is 13.0. The molecule has 19 heavy (non-hydrogen) atoms. The summed E-state index contributed by atoms with van der Waals surface area (Å²) in [6.07, 6.45) is 0.639. The number of nitrogens with one attached hydrogen (secondary N) is 1. The van der Waals surface area contributed by atoms with Gasteiger partial charge in [0.2, 0.25) is 5.91 Å². The van der Waals surface area contributed by atoms with Crippen molar-refractivity contribution in [2.45, 2.75) is 32.4 Å². The predicted molar refractivity (Wildman–Crippen MR) is 75.2 cm³/mol. The van der Waals surface area contributed by atoms with Crippen molar-refractivity contribution in [3.63, 3.8) is 0 Å². The first kappa shape index (κ1) is 17.3. The fourth-order valence-electron chi connectivity index (χ4n) is 1.58. The number of hydrogen-bond acceptors (Lipinski definition) is 4. The second kappa shape index (κ2) is 7.70. The van der Waals surface area contributed by atoms with Gasteiger partial charge in [0, 0.05) is 12.1 Å². The van der Waals surface area contributed by atoms with Gasteiger partial charge < -0.3 is 11.1 Å². The molecule has 1 amide bonds. The van der Waals surface area contributed by atoms with Crippen LogP contribution in [0.25, 0.3) is 0 Å². The minimum atomic E-state index is -0.599. The molecule has 106 valence electrons. The molecule has 1 aromatic rings. The van der Waals surface area contributed by atoms with E-state index in [1.807, 2.05) is 6.92 Å². The summed E-state index contributed by atoms with van der Waals surface area (Å²) in [6.45, 7) is 3.49. The maximum absolute atomic E-state index is 11.5. The van der Waals surface area contributed by atoms with Crippen molar-refractivity contribution in [1.29, 1.82) is 0 Å². The molecule has 0 aromatic heterocycles. The van der Waals surface area contributed by atoms with Crippen molar-refractivity contribution in [3.8, 4) is 0 Å². The van der Waals surface area contributed by atoms with Crippen molar-refractivity contribution in [2.75, 3.05) is 0 Å². The average Bonchev–Trinajstić information content (AvgIpc) is 2.35. The number of non-ortho nitro benzene ring substituents is 1. The Balaban J connectivity index is 0.00000324. The number of rotatable bonds is 5. The first-order chi connectivity index (χ1) is 8.45. The van der Waals surface area contributed by atoms with Gasteiger partial charge in [0.1, 0.15) is 0 Å². The highest BCUT2D eigenvalue weighted by Gasteiger charge is 2.17. The van der Waals surface area contributed by atoms with Crippen molar-refractivity contribution in [2.24, 2.45) is 5.73 Å². The fraction of sp³-hybridized carbons (Fsp3) is 0.417. The van der Waals surface area contributed by atoms with E-state index >= 15 is 0 Å². The molecule has 6 nitrogen and oxygen atoms in total. The third-order valence-corrected chi connectivity index (χ3v) is 2.62. The van der Waals surface area contributed by atoms with Crippen LogP contribution in [0, 0.1) is 10.1 Å². The Morgan fingerprint density at radius 3 is 2.63 bits per heavy atom. The van der Waals surface area contributed by atoms with E-state index in [9.17, 15) is 14.9 Å². The predicted octanol–water partition coefficient (Wildman–Crippen LogP) is 1.93. The van der Waals surface area contributed by atoms with Crippen molar-refractivity contribution >= 4 is 24.0 Å². The minimum Gasteiger partial charge on any atom is -0.348 e. The standard InChI is InChI=1S/C12H17N3O3.ClH/c1-3-11(14-12(16)8(2)13)9-5-4-6-10(7-9)15(17)18;/h4-8,11H,3,13H2,1-2H3,(H,14,16);1H/t8-,11?;/m1./s1. The number of benzene rings is 1. The van der Waals surface area contributed by atoms with Crippen LogP contribution in [0.2, 0.25) is 0 Å². The molecule has 0 aliphatic carbocycles. The van der Waals surface area contributed by atoms with Crippen molar-refractivity contribution < 1.29 is 9.72 Å². The Bertz CT molecular complexity index is 452. The molecule has 1 rings (SSSR count). The van der Waals surface area contributed by atoms with E-state index in [1.165, 1.54) is 12.1 Å². The highest BCUT2D eigenvalue weighted by molar-refractivity contribution is 5.85. The first-order valence-electron chi connectivity index (χ1n) is 5.76. The highest BCUT2D eigenvalue weighted by atomic mass is 35.5. The van der Waals surface area contributed by atoms with Crippen LogP contribution >= 0.6 is 12.4 Å². The second-order valence-electron chi connectivity index (χ2n) is 4.11. The van der Waals surface area contributed by atoms with Crippen LogP contribution < -0.4 is 11.1 Å². The SMILES string of the molecule is CCC(NC(=O)[C@@H](C)N)c1cccc([N+](=O)[O-])c1.Cl. The maximum atomic E-state index is 11.5. The number of nitro benzene ring substituents is 1. The Kier molecular flexibility index (Phi) is 7.03. The molecule has 0 bridgehead atoms. The zero-order valence-corrected chi connectivity index (χ0v) is 11.6. The van der Waals surface area contributed by atoms with E-state index in [4.69, 9.17) is 5.73 Å². The molecule has 0 saturated heterocycles. The molecule has 0 spiro atoms. The van der Waals surface area contributed by atoms with Gasteiger partial charge in [-0.1, -0.05) is 19.1 Å². The molecule has 3 N–H and O–H groups in total. The number of carbonyl (C=O) groups is 1. The van der Waals surface area contributed by atoms with Crippen LogP contribution in [0.1, 0.15) is 31.9 Å². The molecular formula is C12H18ClN3O3. The summed E-state index contributed by atoms with van der Waals surface area (Å²) in [5, 5.41) is 13.5. The Labute approximate surface area is 117 Å². The van der Waals surface area contributed by atoms with Gasteiger partial charge in [0.25, 0.3) is 5.69 Å². The second-order valence-corrected chi connectivity index (χ2v) is 4.11. The summed E-state index contributed by atoms with van der Waals surface area (Å²) in [4.78, 5) is 21.8. The molecule has 0 heterocycles. The summed E-state index contributed by atoms with van der Waals surface area (Å²) < 4.78 is 0. The fourth-order valence-corrected chi connectivity index (χ4v) is 1.58. The lowest BCUT2D eigenvalue weighted by molar-refractivity contribution is -0.384. The summed E-state index contributed by atoms with van der Waals surface area (Å²) in [6, 6.07) is 5.39. The molecule has 0 aliphatic rings. The third-order valence-electron chi connectivity index (χ3n) is 2.62. The average molecular weight is 288 g/mol. The minimum absolute atomic E-state index is 0. The van der Waals surface area contributed by atoms with Gasteiger partial charge in [-0.2, -0.15) is 0 Å². The van der Waals surface area contributed by atoms with E-state index in [0.717, 1.165) is 0 Å². The maximum Gasteiger partial charge on any atom is 0.269 e. The largest absolute Gasteiger partial charge is 0.348 e. The number of nitrogens with zero attached hydrogens (tertiary/aromatic N) is 1. The third kappa shape index (κ3) is 4.84. The number of hydrogen-bond donors (Lipinski definition) is 2. The van der Waals surface area contributed by atoms with E-state index < -0.39 is 11.0 Å². The molecule has 0 fully saturated rings. The molecule has 0 radical (unpaired) electrons. The summed E-state index contributed by atoms with van der Waals surface area (Å²) in [5.41, 5.74) is 6.20. The van der Waals surface area contributed by atoms with Crippen molar-refractivity contribution in [1.82, 2.24) is 5.32 Å². The number of nitro groups is 1. The van der Waals surface area contributed by atoms with E-state index in [0.29, 0.717) is 12.0 Å². The molecule has 0 saturated carbocycles. The van der Waals surface area contributed by atoms with Crippen LogP contribution in [-0.2, 0) is 4.79 Å². The van der Waals surface area contributed by atoms with Gasteiger partial charge in [-0.3, -0.25) is 14.9 Å². The number of amides is 1. The van der Waals surface area contributed by atoms with Gasteiger partial charge >= 0.3 is 0 Å². The van der Waals surface area contributed by atoms with E-state index in [1.54, 1.807) is 19.1 Å². The van der Waals surface area contributed by atoms with Crippen LogP contribution in [0.15, 0.2) is 24.3 Å². The summed E-state index contributed by atoms with van der Waals surface area (Å²) in [5.74, 6) is -0.270. The zero-order valence-electron chi connectivity index (χ0n) is 10.8. The number of halogens is 1. The molecule has 7 heteroatoms. The van der Waals surface area contributed by atoms with Crippen molar-refractivity contribution in [3.05, 3.63) is 39.9 Å². The highest BCUT2D eigenvalue weighted by Crippen LogP contribution is 2.21. The van der Waals surface area contributed by atoms with Gasteiger partial charge in [-0.05, 0) is 18.9 Å². The van der Waals surface area contributed by atoms with Gasteiger partial charge in [-0.25, -0.2) is 0 Å². The molecular weight excluding hydrogens is 270 g/mol. The number of carbonyl (C=O) groups excluding carboxylic acids is 1. The van der Waals surface area contributed by atoms with Crippen LogP contribution in [0.5, 0.6) is 0 Å². The lowest BCUT2D eigenvalue weighted by atomic mass is 10.0. The van der Waals surface area contributed by atoms with E-state index in [-0.39, 0.29) is 30.0 Å². The van der Waals surface area contributed by atoms with E-state index in [2.05, 4.69) is 5.32 Å². The summed E-state index contributed by atoms with van der Waals surface area (Å²) in [7, 11) is 0. The molecule has 1 unspecified atom stereocenters. The molecule has 1 aromatic carbocycles.